The first-order valence-corrected chi connectivity index (χ1v) is 5.92. The van der Waals surface area contributed by atoms with Gasteiger partial charge in [-0.25, -0.2) is 4.39 Å². The number of hydrogen-bond acceptors (Lipinski definition) is 2. The van der Waals surface area contributed by atoms with E-state index in [4.69, 9.17) is 0 Å². The largest absolute Gasteiger partial charge is 0.494 e. The Hall–Kier alpha value is -2.49. The van der Waals surface area contributed by atoms with Crippen molar-refractivity contribution in [2.75, 3.05) is 7.11 Å². The second-order valence-corrected chi connectivity index (χ2v) is 4.08. The van der Waals surface area contributed by atoms with Crippen LogP contribution in [0.5, 0.6) is 5.75 Å². The number of carbonyl (C=O) groups excluding carboxylic acids is 1. The van der Waals surface area contributed by atoms with Crippen molar-refractivity contribution in [2.45, 2.75) is 0 Å². The SMILES string of the molecule is COc1cc(C(=O)/C=C/c2ccccc2)cc(F)c1F. The van der Waals surface area contributed by atoms with Crippen LogP contribution in [0, 0.1) is 11.6 Å². The summed E-state index contributed by atoms with van der Waals surface area (Å²) in [5.41, 5.74) is 0.878. The first-order valence-electron chi connectivity index (χ1n) is 5.92. The van der Waals surface area contributed by atoms with Gasteiger partial charge in [-0.3, -0.25) is 4.79 Å². The predicted molar refractivity (Wildman–Crippen MR) is 72.7 cm³/mol. The molecule has 0 aromatic heterocycles. The van der Waals surface area contributed by atoms with Crippen LogP contribution in [-0.2, 0) is 0 Å². The summed E-state index contributed by atoms with van der Waals surface area (Å²) >= 11 is 0. The van der Waals surface area contributed by atoms with Crippen LogP contribution < -0.4 is 4.74 Å². The van der Waals surface area contributed by atoms with E-state index in [0.717, 1.165) is 11.6 Å². The van der Waals surface area contributed by atoms with Crippen LogP contribution in [0.3, 0.4) is 0 Å². The summed E-state index contributed by atoms with van der Waals surface area (Å²) in [6.45, 7) is 0. The van der Waals surface area contributed by atoms with Crippen molar-refractivity contribution >= 4 is 11.9 Å². The maximum atomic E-state index is 13.3. The number of halogens is 2. The summed E-state index contributed by atoms with van der Waals surface area (Å²) in [5.74, 6) is -2.93. The molecule has 0 spiro atoms. The molecule has 20 heavy (non-hydrogen) atoms. The molecular formula is C16H12F2O2. The lowest BCUT2D eigenvalue weighted by Crippen LogP contribution is -2.00. The molecule has 0 bridgehead atoms. The molecule has 0 heterocycles. The van der Waals surface area contributed by atoms with E-state index in [1.165, 1.54) is 19.3 Å². The molecule has 0 atom stereocenters. The van der Waals surface area contributed by atoms with E-state index in [1.54, 1.807) is 6.08 Å². The molecule has 0 aliphatic heterocycles. The first kappa shape index (κ1) is 13.9. The van der Waals surface area contributed by atoms with Gasteiger partial charge in [0, 0.05) is 5.56 Å². The highest BCUT2D eigenvalue weighted by Crippen LogP contribution is 2.22. The lowest BCUT2D eigenvalue weighted by Gasteiger charge is -2.04. The standard InChI is InChI=1S/C16H12F2O2/c1-20-15-10-12(9-13(17)16(15)18)14(19)8-7-11-5-3-2-4-6-11/h2-10H,1H3/b8-7+. The van der Waals surface area contributed by atoms with Gasteiger partial charge in [0.05, 0.1) is 7.11 Å². The van der Waals surface area contributed by atoms with Crippen molar-refractivity contribution in [3.63, 3.8) is 0 Å². The van der Waals surface area contributed by atoms with Gasteiger partial charge in [0.25, 0.3) is 0 Å². The Bertz CT molecular complexity index is 649. The molecule has 0 fully saturated rings. The minimum atomic E-state index is -1.11. The van der Waals surface area contributed by atoms with E-state index in [9.17, 15) is 13.6 Å². The van der Waals surface area contributed by atoms with Crippen LogP contribution in [0.1, 0.15) is 15.9 Å². The summed E-state index contributed by atoms with van der Waals surface area (Å²) in [5, 5.41) is 0. The Labute approximate surface area is 115 Å². The Morgan fingerprint density at radius 1 is 1.15 bits per heavy atom. The number of methoxy groups -OCH3 is 1. The molecule has 4 heteroatoms. The van der Waals surface area contributed by atoms with Crippen molar-refractivity contribution in [3.8, 4) is 5.75 Å². The van der Waals surface area contributed by atoms with E-state index in [1.807, 2.05) is 30.3 Å². The van der Waals surface area contributed by atoms with Gasteiger partial charge < -0.3 is 4.74 Å². The van der Waals surface area contributed by atoms with Crippen LogP contribution >= 0.6 is 0 Å². The Morgan fingerprint density at radius 3 is 2.50 bits per heavy atom. The number of ketones is 1. The molecule has 0 aliphatic carbocycles. The number of hydrogen-bond donors (Lipinski definition) is 0. The van der Waals surface area contributed by atoms with Crippen molar-refractivity contribution < 1.29 is 18.3 Å². The van der Waals surface area contributed by atoms with Crippen molar-refractivity contribution in [3.05, 3.63) is 71.3 Å². The normalized spacial score (nSPS) is 10.8. The molecule has 102 valence electrons. The zero-order valence-corrected chi connectivity index (χ0v) is 10.8. The molecule has 0 amide bonds. The first-order chi connectivity index (χ1) is 9.61. The molecule has 2 aromatic carbocycles. The third kappa shape index (κ3) is 3.09. The zero-order chi connectivity index (χ0) is 14.5. The van der Waals surface area contributed by atoms with E-state index in [0.29, 0.717) is 0 Å². The Balaban J connectivity index is 2.26. The number of benzene rings is 2. The summed E-state index contributed by atoms with van der Waals surface area (Å²) < 4.78 is 31.3. The molecular weight excluding hydrogens is 262 g/mol. The average molecular weight is 274 g/mol. The van der Waals surface area contributed by atoms with Gasteiger partial charge in [-0.2, -0.15) is 4.39 Å². The lowest BCUT2D eigenvalue weighted by atomic mass is 10.1. The molecule has 0 N–H and O–H groups in total. The number of carbonyl (C=O) groups is 1. The molecule has 0 saturated heterocycles. The molecule has 0 saturated carbocycles. The number of ether oxygens (including phenoxy) is 1. The van der Waals surface area contributed by atoms with E-state index in [-0.39, 0.29) is 11.3 Å². The van der Waals surface area contributed by atoms with Gasteiger partial charge >= 0.3 is 0 Å². The summed E-state index contributed by atoms with van der Waals surface area (Å²) in [6, 6.07) is 11.2. The van der Waals surface area contributed by atoms with Gasteiger partial charge in [0.15, 0.2) is 17.3 Å². The minimum Gasteiger partial charge on any atom is -0.494 e. The maximum Gasteiger partial charge on any atom is 0.200 e. The second kappa shape index (κ2) is 6.10. The van der Waals surface area contributed by atoms with Crippen molar-refractivity contribution in [1.29, 1.82) is 0 Å². The maximum absolute atomic E-state index is 13.3. The fourth-order valence-electron chi connectivity index (χ4n) is 1.69. The average Bonchev–Trinajstić information content (AvgIpc) is 2.48. The monoisotopic (exact) mass is 274 g/mol. The van der Waals surface area contributed by atoms with Crippen LogP contribution in [0.2, 0.25) is 0 Å². The fourth-order valence-corrected chi connectivity index (χ4v) is 1.69. The zero-order valence-electron chi connectivity index (χ0n) is 10.8. The van der Waals surface area contributed by atoms with Crippen LogP contribution in [0.4, 0.5) is 8.78 Å². The lowest BCUT2D eigenvalue weighted by molar-refractivity contribution is 0.104. The van der Waals surface area contributed by atoms with Gasteiger partial charge in [-0.15, -0.1) is 0 Å². The van der Waals surface area contributed by atoms with Crippen molar-refractivity contribution in [2.24, 2.45) is 0 Å². The summed E-state index contributed by atoms with van der Waals surface area (Å²) in [6.07, 6.45) is 2.91. The van der Waals surface area contributed by atoms with Crippen LogP contribution in [0.25, 0.3) is 6.08 Å². The molecule has 2 nitrogen and oxygen atoms in total. The molecule has 2 rings (SSSR count). The third-order valence-corrected chi connectivity index (χ3v) is 2.73. The van der Waals surface area contributed by atoms with E-state index >= 15 is 0 Å². The topological polar surface area (TPSA) is 26.3 Å². The third-order valence-electron chi connectivity index (χ3n) is 2.73. The molecule has 0 unspecified atom stereocenters. The highest BCUT2D eigenvalue weighted by molar-refractivity contribution is 6.07. The van der Waals surface area contributed by atoms with Crippen molar-refractivity contribution in [1.82, 2.24) is 0 Å². The summed E-state index contributed by atoms with van der Waals surface area (Å²) in [7, 11) is 1.21. The molecule has 0 aliphatic rings. The van der Waals surface area contributed by atoms with Crippen LogP contribution in [0.15, 0.2) is 48.5 Å². The Kier molecular flexibility index (Phi) is 4.25. The van der Waals surface area contributed by atoms with Gasteiger partial charge in [0.2, 0.25) is 5.82 Å². The highest BCUT2D eigenvalue weighted by Gasteiger charge is 2.14. The molecule has 2 aromatic rings. The number of rotatable bonds is 4. The van der Waals surface area contributed by atoms with Gasteiger partial charge in [0.1, 0.15) is 0 Å². The fraction of sp³-hybridized carbons (Fsp3) is 0.0625. The van der Waals surface area contributed by atoms with E-state index in [2.05, 4.69) is 4.74 Å². The predicted octanol–water partition coefficient (Wildman–Crippen LogP) is 3.87. The highest BCUT2D eigenvalue weighted by atomic mass is 19.2. The van der Waals surface area contributed by atoms with Crippen LogP contribution in [-0.4, -0.2) is 12.9 Å². The second-order valence-electron chi connectivity index (χ2n) is 4.08. The Morgan fingerprint density at radius 2 is 1.85 bits per heavy atom. The minimum absolute atomic E-state index is 0.0351. The smallest absolute Gasteiger partial charge is 0.200 e. The van der Waals surface area contributed by atoms with Gasteiger partial charge in [-0.05, 0) is 23.8 Å². The molecule has 0 radical (unpaired) electrons. The van der Waals surface area contributed by atoms with E-state index < -0.39 is 17.4 Å². The number of allylic oxidation sites excluding steroid dienone is 1. The van der Waals surface area contributed by atoms with Gasteiger partial charge in [-0.1, -0.05) is 36.4 Å². The quantitative estimate of drug-likeness (QED) is 0.625. The summed E-state index contributed by atoms with van der Waals surface area (Å²) in [4.78, 5) is 11.9.